The van der Waals surface area contributed by atoms with E-state index in [1.165, 1.54) is 6.54 Å². The molecular weight excluding hydrogens is 134 g/mol. The topological polar surface area (TPSA) is 3.24 Å². The smallest absolute Gasteiger partial charge is 0.00269 e. The lowest BCUT2D eigenvalue weighted by Crippen LogP contribution is -2.28. The van der Waals surface area contributed by atoms with Gasteiger partial charge in [-0.15, -0.1) is 0 Å². The quantitative estimate of drug-likeness (QED) is 0.598. The van der Waals surface area contributed by atoms with E-state index in [-0.39, 0.29) is 0 Å². The van der Waals surface area contributed by atoms with Crippen molar-refractivity contribution in [3.63, 3.8) is 0 Å². The third kappa shape index (κ3) is 13.0. The van der Waals surface area contributed by atoms with Gasteiger partial charge in [-0.3, -0.25) is 0 Å². The highest BCUT2D eigenvalue weighted by Gasteiger charge is 2.11. The van der Waals surface area contributed by atoms with Crippen LogP contribution in [0.3, 0.4) is 0 Å². The summed E-state index contributed by atoms with van der Waals surface area (Å²) in [5.41, 5.74) is 0.449. The summed E-state index contributed by atoms with van der Waals surface area (Å²) in [5.74, 6) is 0. The molecule has 0 N–H and O–H groups in total. The van der Waals surface area contributed by atoms with Crippen LogP contribution in [0.1, 0.15) is 41.5 Å². The molecule has 0 heterocycles. The van der Waals surface area contributed by atoms with Crippen molar-refractivity contribution in [2.24, 2.45) is 5.41 Å². The number of nitrogens with zero attached hydrogens (tertiary/aromatic N) is 1. The third-order valence-corrected chi connectivity index (χ3v) is 1.28. The van der Waals surface area contributed by atoms with E-state index >= 15 is 0 Å². The summed E-state index contributed by atoms with van der Waals surface area (Å²) in [4.78, 5) is 2.33. The van der Waals surface area contributed by atoms with Crippen LogP contribution in [0.25, 0.3) is 0 Å². The third-order valence-electron chi connectivity index (χ3n) is 1.28. The van der Waals surface area contributed by atoms with Gasteiger partial charge < -0.3 is 4.90 Å². The van der Waals surface area contributed by atoms with E-state index in [0.717, 1.165) is 6.54 Å². The molecule has 0 fully saturated rings. The molecule has 1 heteroatoms. The maximum Gasteiger partial charge on any atom is 0.00269 e. The van der Waals surface area contributed by atoms with Crippen molar-refractivity contribution < 1.29 is 0 Å². The molecule has 0 aromatic rings. The van der Waals surface area contributed by atoms with E-state index in [4.69, 9.17) is 0 Å². The standard InChI is InChI=1S/C8H19N.C2H6/c1-6-9(5)7-8(2,3)4;1-2/h6-7H2,1-5H3;1-2H3. The molecule has 1 nitrogen and oxygen atoms in total. The first-order chi connectivity index (χ1) is 4.95. The van der Waals surface area contributed by atoms with E-state index < -0.39 is 0 Å². The summed E-state index contributed by atoms with van der Waals surface area (Å²) in [6.07, 6.45) is 0. The second kappa shape index (κ2) is 6.66. The van der Waals surface area contributed by atoms with Crippen molar-refractivity contribution in [2.75, 3.05) is 20.1 Å². The molecule has 0 bridgehead atoms. The molecule has 0 spiro atoms. The largest absolute Gasteiger partial charge is 0.306 e. The Balaban J connectivity index is 0. The Morgan fingerprint density at radius 2 is 1.45 bits per heavy atom. The van der Waals surface area contributed by atoms with Crippen molar-refractivity contribution in [2.45, 2.75) is 41.5 Å². The zero-order valence-electron chi connectivity index (χ0n) is 9.36. The number of hydrogen-bond acceptors (Lipinski definition) is 1. The first kappa shape index (κ1) is 13.5. The minimum atomic E-state index is 0.449. The minimum Gasteiger partial charge on any atom is -0.306 e. The zero-order valence-corrected chi connectivity index (χ0v) is 9.36. The van der Waals surface area contributed by atoms with Gasteiger partial charge in [0.2, 0.25) is 0 Å². The SMILES string of the molecule is CC.CCN(C)CC(C)(C)C. The maximum atomic E-state index is 2.33. The summed E-state index contributed by atoms with van der Waals surface area (Å²) < 4.78 is 0. The van der Waals surface area contributed by atoms with E-state index in [0.29, 0.717) is 5.41 Å². The normalized spacial score (nSPS) is 10.9. The summed E-state index contributed by atoms with van der Waals surface area (Å²) >= 11 is 0. The fraction of sp³-hybridized carbons (Fsp3) is 1.00. The highest BCUT2D eigenvalue weighted by Crippen LogP contribution is 2.13. The summed E-state index contributed by atoms with van der Waals surface area (Å²) in [6.45, 7) is 15.3. The average molecular weight is 159 g/mol. The number of hydrogen-bond donors (Lipinski definition) is 0. The van der Waals surface area contributed by atoms with Gasteiger partial charge in [-0.25, -0.2) is 0 Å². The van der Waals surface area contributed by atoms with E-state index in [9.17, 15) is 0 Å². The molecule has 0 unspecified atom stereocenters. The van der Waals surface area contributed by atoms with Gasteiger partial charge in [0.15, 0.2) is 0 Å². The van der Waals surface area contributed by atoms with Crippen LogP contribution in [-0.2, 0) is 0 Å². The molecule has 0 aliphatic heterocycles. The van der Waals surface area contributed by atoms with Crippen LogP contribution in [-0.4, -0.2) is 25.0 Å². The Labute approximate surface area is 72.8 Å². The van der Waals surface area contributed by atoms with Crippen molar-refractivity contribution in [3.05, 3.63) is 0 Å². The van der Waals surface area contributed by atoms with Crippen LogP contribution in [0.15, 0.2) is 0 Å². The lowest BCUT2D eigenvalue weighted by Gasteiger charge is -2.25. The van der Waals surface area contributed by atoms with E-state index in [1.54, 1.807) is 0 Å². The van der Waals surface area contributed by atoms with Gasteiger partial charge in [-0.2, -0.15) is 0 Å². The molecule has 70 valence electrons. The van der Waals surface area contributed by atoms with Crippen molar-refractivity contribution in [1.29, 1.82) is 0 Å². The summed E-state index contributed by atoms with van der Waals surface area (Å²) in [5, 5.41) is 0. The van der Waals surface area contributed by atoms with Crippen molar-refractivity contribution in [3.8, 4) is 0 Å². The lowest BCUT2D eigenvalue weighted by molar-refractivity contribution is 0.236. The predicted octanol–water partition coefficient (Wildman–Crippen LogP) is 3.01. The molecule has 0 aromatic carbocycles. The van der Waals surface area contributed by atoms with Crippen molar-refractivity contribution in [1.82, 2.24) is 4.90 Å². The van der Waals surface area contributed by atoms with Gasteiger partial charge in [-0.1, -0.05) is 41.5 Å². The molecule has 0 aliphatic carbocycles. The van der Waals surface area contributed by atoms with Crippen LogP contribution in [0.4, 0.5) is 0 Å². The second-order valence-electron chi connectivity index (χ2n) is 3.89. The molecule has 0 rings (SSSR count). The summed E-state index contributed by atoms with van der Waals surface area (Å²) in [7, 11) is 2.16. The van der Waals surface area contributed by atoms with Crippen molar-refractivity contribution >= 4 is 0 Å². The average Bonchev–Trinajstić information content (AvgIpc) is 1.89. The van der Waals surface area contributed by atoms with Gasteiger partial charge in [0, 0.05) is 6.54 Å². The van der Waals surface area contributed by atoms with Crippen LogP contribution in [0.5, 0.6) is 0 Å². The highest BCUT2D eigenvalue weighted by atomic mass is 15.1. The van der Waals surface area contributed by atoms with Gasteiger partial charge in [-0.05, 0) is 19.0 Å². The van der Waals surface area contributed by atoms with Crippen LogP contribution in [0.2, 0.25) is 0 Å². The molecule has 0 atom stereocenters. The Hall–Kier alpha value is -0.0400. The van der Waals surface area contributed by atoms with Crippen LogP contribution < -0.4 is 0 Å². The number of rotatable bonds is 2. The molecule has 11 heavy (non-hydrogen) atoms. The Morgan fingerprint density at radius 1 is 1.09 bits per heavy atom. The predicted molar refractivity (Wildman–Crippen MR) is 54.0 cm³/mol. The van der Waals surface area contributed by atoms with E-state index in [1.807, 2.05) is 13.8 Å². The maximum absolute atomic E-state index is 2.33. The molecule has 0 radical (unpaired) electrons. The zero-order chi connectivity index (χ0) is 9.49. The fourth-order valence-electron chi connectivity index (χ4n) is 0.922. The summed E-state index contributed by atoms with van der Waals surface area (Å²) in [6, 6.07) is 0. The second-order valence-corrected chi connectivity index (χ2v) is 3.89. The highest BCUT2D eigenvalue weighted by molar-refractivity contribution is 4.64. The first-order valence-electron chi connectivity index (χ1n) is 4.64. The van der Waals surface area contributed by atoms with Crippen LogP contribution in [0, 0.1) is 5.41 Å². The molecule has 0 aromatic heterocycles. The Bertz CT molecular complexity index is 71.4. The molecule has 0 saturated carbocycles. The monoisotopic (exact) mass is 159 g/mol. The van der Waals surface area contributed by atoms with Crippen LogP contribution >= 0.6 is 0 Å². The lowest BCUT2D eigenvalue weighted by atomic mass is 9.96. The first-order valence-corrected chi connectivity index (χ1v) is 4.64. The molecule has 0 aliphatic rings. The van der Waals surface area contributed by atoms with E-state index in [2.05, 4.69) is 39.6 Å². The van der Waals surface area contributed by atoms with Gasteiger partial charge in [0.25, 0.3) is 0 Å². The van der Waals surface area contributed by atoms with Gasteiger partial charge in [0.1, 0.15) is 0 Å². The van der Waals surface area contributed by atoms with Gasteiger partial charge >= 0.3 is 0 Å². The molecule has 0 saturated heterocycles. The molecular formula is C10H25N. The Kier molecular flexibility index (Phi) is 8.20. The fourth-order valence-corrected chi connectivity index (χ4v) is 0.922. The van der Waals surface area contributed by atoms with Gasteiger partial charge in [0.05, 0.1) is 0 Å². The molecule has 0 amide bonds. The minimum absolute atomic E-state index is 0.449. The Morgan fingerprint density at radius 3 is 1.55 bits per heavy atom.